The Morgan fingerprint density at radius 3 is 1.43 bits per heavy atom. The summed E-state index contributed by atoms with van der Waals surface area (Å²) in [6.45, 7) is 0. The van der Waals surface area contributed by atoms with E-state index in [0.29, 0.717) is 0 Å². The molecular weight excluding hydrogens is 214 g/mol. The Labute approximate surface area is 80.8 Å². The van der Waals surface area contributed by atoms with Gasteiger partial charge in [0.25, 0.3) is 0 Å². The molecule has 0 aliphatic rings. The third kappa shape index (κ3) is 13.3. The van der Waals surface area contributed by atoms with Crippen LogP contribution in [0.2, 0.25) is 0 Å². The molecule has 0 heterocycles. The van der Waals surface area contributed by atoms with Crippen molar-refractivity contribution < 1.29 is 27.7 Å². The molecule has 7 nitrogen and oxygen atoms in total. The topological polar surface area (TPSA) is 150 Å². The highest BCUT2D eigenvalue weighted by molar-refractivity contribution is 7.79. The minimum absolute atomic E-state index is 0. The fourth-order valence-corrected chi connectivity index (χ4v) is 0.493. The van der Waals surface area contributed by atoms with Crippen LogP contribution in [0.5, 0.6) is 11.5 Å². The third-order valence-corrected chi connectivity index (χ3v) is 0.830. The van der Waals surface area contributed by atoms with Gasteiger partial charge in [-0.15, -0.1) is 0 Å². The van der Waals surface area contributed by atoms with Crippen molar-refractivity contribution in [3.05, 3.63) is 24.3 Å². The average molecular weight is 225 g/mol. The number of hydrogen-bond acceptors (Lipinski definition) is 5. The van der Waals surface area contributed by atoms with Crippen LogP contribution in [0.1, 0.15) is 0 Å². The first-order valence-corrected chi connectivity index (χ1v) is 4.36. The van der Waals surface area contributed by atoms with E-state index in [9.17, 15) is 0 Å². The molecule has 7 N–H and O–H groups in total. The molecule has 0 saturated heterocycles. The van der Waals surface area contributed by atoms with E-state index >= 15 is 0 Å². The number of aromatic hydroxyl groups is 2. The first-order chi connectivity index (χ1) is 5.79. The van der Waals surface area contributed by atoms with Gasteiger partial charge in [-0.3, -0.25) is 9.11 Å². The SMILES string of the molecule is N.O=S(=O)(O)O.Oc1cccc(O)c1. The molecule has 0 unspecified atom stereocenters. The van der Waals surface area contributed by atoms with Crippen molar-refractivity contribution in [1.82, 2.24) is 6.15 Å². The molecule has 1 rings (SSSR count). The quantitative estimate of drug-likeness (QED) is 0.405. The van der Waals surface area contributed by atoms with Crippen LogP contribution in [0, 0.1) is 0 Å². The molecule has 0 saturated carbocycles. The minimum Gasteiger partial charge on any atom is -0.508 e. The van der Waals surface area contributed by atoms with E-state index in [-0.39, 0.29) is 17.6 Å². The Bertz CT molecular complexity index is 337. The fourth-order valence-electron chi connectivity index (χ4n) is 0.493. The van der Waals surface area contributed by atoms with Gasteiger partial charge < -0.3 is 16.4 Å². The Hall–Kier alpha value is -1.35. The van der Waals surface area contributed by atoms with E-state index in [1.165, 1.54) is 18.2 Å². The zero-order valence-corrected chi connectivity index (χ0v) is 7.85. The highest BCUT2D eigenvalue weighted by Gasteiger charge is 1.85. The molecule has 0 aromatic heterocycles. The third-order valence-electron chi connectivity index (χ3n) is 0.830. The maximum absolute atomic E-state index is 8.74. The molecule has 0 amide bonds. The fraction of sp³-hybridized carbons (Fsp3) is 0. The van der Waals surface area contributed by atoms with E-state index in [0.717, 1.165) is 0 Å². The molecular formula is C6H11NO6S. The van der Waals surface area contributed by atoms with Crippen molar-refractivity contribution in [2.24, 2.45) is 0 Å². The normalized spacial score (nSPS) is 9.29. The summed E-state index contributed by atoms with van der Waals surface area (Å²) >= 11 is 0. The summed E-state index contributed by atoms with van der Waals surface area (Å²) in [5.41, 5.74) is 0. The molecule has 82 valence electrons. The molecule has 0 atom stereocenters. The van der Waals surface area contributed by atoms with Crippen LogP contribution in [0.25, 0.3) is 0 Å². The van der Waals surface area contributed by atoms with Gasteiger partial charge in [0.1, 0.15) is 11.5 Å². The molecule has 0 aliphatic carbocycles. The Kier molecular flexibility index (Phi) is 6.66. The van der Waals surface area contributed by atoms with E-state index in [4.69, 9.17) is 27.7 Å². The first kappa shape index (κ1) is 15.1. The summed E-state index contributed by atoms with van der Waals surface area (Å²) < 4.78 is 31.6. The Morgan fingerprint density at radius 2 is 1.29 bits per heavy atom. The highest BCUT2D eigenvalue weighted by Crippen LogP contribution is 2.14. The van der Waals surface area contributed by atoms with E-state index in [1.54, 1.807) is 6.07 Å². The zero-order valence-electron chi connectivity index (χ0n) is 7.03. The molecule has 0 aliphatic heterocycles. The smallest absolute Gasteiger partial charge is 0.394 e. The molecule has 0 spiro atoms. The molecule has 14 heavy (non-hydrogen) atoms. The lowest BCUT2D eigenvalue weighted by molar-refractivity contribution is 0.381. The lowest BCUT2D eigenvalue weighted by atomic mass is 10.3. The standard InChI is InChI=1S/C6H6O2.H3N.H2O4S/c7-5-2-1-3-6(8)4-5;;1-5(2,3)4/h1-4,7-8H;1H3;(H2,1,2,3,4). The number of benzene rings is 1. The summed E-state index contributed by atoms with van der Waals surface area (Å²) in [4.78, 5) is 0. The molecule has 8 heteroatoms. The average Bonchev–Trinajstić information content (AvgIpc) is 1.81. The lowest BCUT2D eigenvalue weighted by Gasteiger charge is -1.89. The van der Waals surface area contributed by atoms with Crippen LogP contribution < -0.4 is 6.15 Å². The zero-order chi connectivity index (χ0) is 10.5. The minimum atomic E-state index is -4.67. The largest absolute Gasteiger partial charge is 0.508 e. The van der Waals surface area contributed by atoms with Gasteiger partial charge in [0.2, 0.25) is 0 Å². The number of hydrogen-bond donors (Lipinski definition) is 5. The second kappa shape index (κ2) is 6.16. The maximum Gasteiger partial charge on any atom is 0.394 e. The Balaban J connectivity index is 0. The summed E-state index contributed by atoms with van der Waals surface area (Å²) in [7, 11) is -4.67. The van der Waals surface area contributed by atoms with Crippen molar-refractivity contribution in [1.29, 1.82) is 0 Å². The van der Waals surface area contributed by atoms with Crippen molar-refractivity contribution >= 4 is 10.4 Å². The van der Waals surface area contributed by atoms with Crippen LogP contribution >= 0.6 is 0 Å². The van der Waals surface area contributed by atoms with Gasteiger partial charge in [0, 0.05) is 6.07 Å². The van der Waals surface area contributed by atoms with Gasteiger partial charge in [0.15, 0.2) is 0 Å². The molecule has 0 radical (unpaired) electrons. The highest BCUT2D eigenvalue weighted by atomic mass is 32.3. The van der Waals surface area contributed by atoms with Gasteiger partial charge in [0.05, 0.1) is 0 Å². The second-order valence-electron chi connectivity index (χ2n) is 1.97. The summed E-state index contributed by atoms with van der Waals surface area (Å²) in [5, 5.41) is 17.3. The van der Waals surface area contributed by atoms with E-state index in [2.05, 4.69) is 0 Å². The molecule has 1 aromatic carbocycles. The van der Waals surface area contributed by atoms with Crippen molar-refractivity contribution in [3.8, 4) is 11.5 Å². The lowest BCUT2D eigenvalue weighted by Crippen LogP contribution is -1.89. The van der Waals surface area contributed by atoms with Gasteiger partial charge in [-0.25, -0.2) is 0 Å². The summed E-state index contributed by atoms with van der Waals surface area (Å²) in [6.07, 6.45) is 0. The van der Waals surface area contributed by atoms with Gasteiger partial charge in [-0.1, -0.05) is 6.07 Å². The molecule has 0 bridgehead atoms. The van der Waals surface area contributed by atoms with Gasteiger partial charge in [-0.05, 0) is 12.1 Å². The summed E-state index contributed by atoms with van der Waals surface area (Å²) in [5.74, 6) is 0.176. The van der Waals surface area contributed by atoms with Crippen LogP contribution in [0.3, 0.4) is 0 Å². The first-order valence-electron chi connectivity index (χ1n) is 2.97. The second-order valence-corrected chi connectivity index (χ2v) is 2.86. The van der Waals surface area contributed by atoms with Crippen LogP contribution in [-0.4, -0.2) is 27.7 Å². The number of rotatable bonds is 0. The number of phenolic OH excluding ortho intramolecular Hbond substituents is 2. The van der Waals surface area contributed by atoms with E-state index in [1.807, 2.05) is 0 Å². The van der Waals surface area contributed by atoms with Crippen molar-refractivity contribution in [2.75, 3.05) is 0 Å². The predicted molar refractivity (Wildman–Crippen MR) is 49.0 cm³/mol. The van der Waals surface area contributed by atoms with Crippen molar-refractivity contribution in [3.63, 3.8) is 0 Å². The van der Waals surface area contributed by atoms with Crippen LogP contribution in [-0.2, 0) is 10.4 Å². The maximum atomic E-state index is 8.74. The van der Waals surface area contributed by atoms with Gasteiger partial charge >= 0.3 is 10.4 Å². The number of phenols is 2. The summed E-state index contributed by atoms with van der Waals surface area (Å²) in [6, 6.07) is 5.85. The van der Waals surface area contributed by atoms with Gasteiger partial charge in [-0.2, -0.15) is 8.42 Å². The Morgan fingerprint density at radius 1 is 1.00 bits per heavy atom. The molecule has 1 aromatic rings. The monoisotopic (exact) mass is 225 g/mol. The van der Waals surface area contributed by atoms with E-state index < -0.39 is 10.4 Å². The van der Waals surface area contributed by atoms with Crippen molar-refractivity contribution in [2.45, 2.75) is 0 Å². The van der Waals surface area contributed by atoms with Crippen LogP contribution in [0.15, 0.2) is 24.3 Å². The molecule has 0 fully saturated rings. The predicted octanol–water partition coefficient (Wildman–Crippen LogP) is 0.607. The van der Waals surface area contributed by atoms with Crippen LogP contribution in [0.4, 0.5) is 0 Å².